The van der Waals surface area contributed by atoms with Gasteiger partial charge in [-0.25, -0.2) is 4.99 Å². The number of ether oxygens (including phenoxy) is 1. The standard InChI is InChI=1S/C20H18Cl2N2O3/c1-12-2-3-13-9-14(20(26)24-17(13)8-12)6-7-23-19(25)11-27-18-5-4-15(21)10-16(18)22/h2-5,8-10,14H,6-7,11H2,1H3,(H,23,25). The number of halogens is 2. The second-order valence-corrected chi connectivity index (χ2v) is 7.13. The van der Waals surface area contributed by atoms with Gasteiger partial charge in [0.25, 0.3) is 11.8 Å². The maximum absolute atomic E-state index is 12.2. The summed E-state index contributed by atoms with van der Waals surface area (Å²) in [4.78, 5) is 28.2. The summed E-state index contributed by atoms with van der Waals surface area (Å²) in [6.45, 7) is 2.14. The molecule has 3 rings (SSSR count). The first-order valence-electron chi connectivity index (χ1n) is 8.48. The Kier molecular flexibility index (Phi) is 6.14. The fourth-order valence-corrected chi connectivity index (χ4v) is 3.20. The van der Waals surface area contributed by atoms with E-state index in [1.165, 1.54) is 0 Å². The number of carbonyl (C=O) groups excluding carboxylic acids is 2. The van der Waals surface area contributed by atoms with Crippen LogP contribution in [0.5, 0.6) is 5.75 Å². The van der Waals surface area contributed by atoms with Crippen LogP contribution in [0.3, 0.4) is 0 Å². The summed E-state index contributed by atoms with van der Waals surface area (Å²) < 4.78 is 5.38. The first-order chi connectivity index (χ1) is 12.9. The van der Waals surface area contributed by atoms with Crippen LogP contribution in [0.1, 0.15) is 12.0 Å². The lowest BCUT2D eigenvalue weighted by Gasteiger charge is -2.13. The van der Waals surface area contributed by atoms with Crippen molar-refractivity contribution in [3.05, 3.63) is 62.6 Å². The maximum atomic E-state index is 12.2. The number of benzene rings is 2. The van der Waals surface area contributed by atoms with Crippen molar-refractivity contribution in [3.8, 4) is 5.75 Å². The molecule has 0 saturated carbocycles. The molecule has 27 heavy (non-hydrogen) atoms. The average molecular weight is 405 g/mol. The highest BCUT2D eigenvalue weighted by Gasteiger charge is 2.18. The topological polar surface area (TPSA) is 67.8 Å². The van der Waals surface area contributed by atoms with E-state index in [9.17, 15) is 9.59 Å². The van der Waals surface area contributed by atoms with Crippen LogP contribution in [-0.2, 0) is 9.59 Å². The largest absolute Gasteiger partial charge is 0.482 e. The second kappa shape index (κ2) is 8.55. The Hall–Kier alpha value is -2.37. The number of aryl methyl sites for hydroxylation is 1. The number of hydrogen-bond acceptors (Lipinski definition) is 3. The van der Waals surface area contributed by atoms with Gasteiger partial charge in [0.15, 0.2) is 6.61 Å². The Morgan fingerprint density at radius 1 is 1.22 bits per heavy atom. The molecule has 1 aliphatic rings. The van der Waals surface area contributed by atoms with Crippen molar-refractivity contribution < 1.29 is 14.3 Å². The predicted octanol–water partition coefficient (Wildman–Crippen LogP) is 2.44. The molecule has 0 fully saturated rings. The van der Waals surface area contributed by atoms with Crippen molar-refractivity contribution in [2.24, 2.45) is 10.9 Å². The first kappa shape index (κ1) is 19.4. The molecule has 0 bridgehead atoms. The van der Waals surface area contributed by atoms with Crippen molar-refractivity contribution >= 4 is 41.1 Å². The third-order valence-corrected chi connectivity index (χ3v) is 4.68. The van der Waals surface area contributed by atoms with Gasteiger partial charge in [0.2, 0.25) is 0 Å². The van der Waals surface area contributed by atoms with E-state index in [0.29, 0.717) is 34.1 Å². The van der Waals surface area contributed by atoms with Crippen LogP contribution in [0.4, 0.5) is 0 Å². The molecular weight excluding hydrogens is 387 g/mol. The molecule has 1 heterocycles. The molecule has 140 valence electrons. The normalized spacial score (nSPS) is 15.4. The number of amides is 2. The van der Waals surface area contributed by atoms with E-state index in [4.69, 9.17) is 27.9 Å². The summed E-state index contributed by atoms with van der Waals surface area (Å²) in [6, 6.07) is 10.6. The van der Waals surface area contributed by atoms with Gasteiger partial charge in [0.05, 0.1) is 16.3 Å². The molecule has 1 aliphatic heterocycles. The Morgan fingerprint density at radius 3 is 2.81 bits per heavy atom. The number of fused-ring (bicyclic) bond motifs is 1. The van der Waals surface area contributed by atoms with Crippen molar-refractivity contribution in [1.29, 1.82) is 0 Å². The number of rotatable bonds is 6. The molecule has 0 spiro atoms. The third-order valence-electron chi connectivity index (χ3n) is 4.14. The molecule has 0 radical (unpaired) electrons. The fraction of sp³-hybridized carbons (Fsp3) is 0.250. The van der Waals surface area contributed by atoms with E-state index in [1.807, 2.05) is 31.2 Å². The lowest BCUT2D eigenvalue weighted by Crippen LogP contribution is -2.36. The zero-order chi connectivity index (χ0) is 19.4. The van der Waals surface area contributed by atoms with E-state index < -0.39 is 0 Å². The first-order valence-corrected chi connectivity index (χ1v) is 9.23. The molecule has 5 nitrogen and oxygen atoms in total. The molecule has 2 aromatic rings. The van der Waals surface area contributed by atoms with Crippen molar-refractivity contribution in [2.75, 3.05) is 13.2 Å². The van der Waals surface area contributed by atoms with Crippen LogP contribution >= 0.6 is 23.2 Å². The van der Waals surface area contributed by atoms with Gasteiger partial charge in [-0.3, -0.25) is 9.59 Å². The summed E-state index contributed by atoms with van der Waals surface area (Å²) in [5, 5.41) is 5.22. The van der Waals surface area contributed by atoms with E-state index in [-0.39, 0.29) is 24.3 Å². The number of nitrogens with one attached hydrogen (secondary N) is 1. The molecule has 2 aromatic carbocycles. The Balaban J connectivity index is 1.50. The Bertz CT molecular complexity index is 1000. The zero-order valence-electron chi connectivity index (χ0n) is 14.7. The lowest BCUT2D eigenvalue weighted by atomic mass is 10.00. The molecule has 0 saturated heterocycles. The molecule has 0 aromatic heterocycles. The Labute approximate surface area is 166 Å². The van der Waals surface area contributed by atoms with Crippen LogP contribution < -0.4 is 20.6 Å². The van der Waals surface area contributed by atoms with Crippen molar-refractivity contribution in [2.45, 2.75) is 13.3 Å². The van der Waals surface area contributed by atoms with Crippen LogP contribution in [-0.4, -0.2) is 25.0 Å². The van der Waals surface area contributed by atoms with E-state index in [1.54, 1.807) is 18.2 Å². The van der Waals surface area contributed by atoms with Gasteiger partial charge in [-0.15, -0.1) is 0 Å². The highest BCUT2D eigenvalue weighted by Crippen LogP contribution is 2.27. The molecule has 1 atom stereocenters. The maximum Gasteiger partial charge on any atom is 0.257 e. The fourth-order valence-electron chi connectivity index (χ4n) is 2.74. The molecule has 7 heteroatoms. The minimum absolute atomic E-state index is 0.170. The van der Waals surface area contributed by atoms with Gasteiger partial charge in [0, 0.05) is 11.6 Å². The van der Waals surface area contributed by atoms with E-state index in [0.717, 1.165) is 10.8 Å². The van der Waals surface area contributed by atoms with E-state index >= 15 is 0 Å². The van der Waals surface area contributed by atoms with Crippen molar-refractivity contribution in [3.63, 3.8) is 0 Å². The highest BCUT2D eigenvalue weighted by atomic mass is 35.5. The van der Waals surface area contributed by atoms with Crippen LogP contribution in [0.2, 0.25) is 10.0 Å². The van der Waals surface area contributed by atoms with Gasteiger partial charge in [-0.2, -0.15) is 0 Å². The van der Waals surface area contributed by atoms with Gasteiger partial charge in [-0.1, -0.05) is 41.4 Å². The molecule has 1 unspecified atom stereocenters. The summed E-state index contributed by atoms with van der Waals surface area (Å²) in [7, 11) is 0. The predicted molar refractivity (Wildman–Crippen MR) is 105 cm³/mol. The summed E-state index contributed by atoms with van der Waals surface area (Å²) in [6.07, 6.45) is 2.38. The number of carbonyl (C=O) groups is 2. The molecular formula is C20H18Cl2N2O3. The van der Waals surface area contributed by atoms with Gasteiger partial charge < -0.3 is 10.1 Å². The minimum Gasteiger partial charge on any atom is -0.482 e. The smallest absolute Gasteiger partial charge is 0.257 e. The molecule has 1 N–H and O–H groups in total. The quantitative estimate of drug-likeness (QED) is 0.803. The number of nitrogens with zero attached hydrogens (tertiary/aromatic N) is 1. The minimum atomic E-state index is -0.341. The van der Waals surface area contributed by atoms with Gasteiger partial charge >= 0.3 is 0 Å². The second-order valence-electron chi connectivity index (χ2n) is 6.29. The zero-order valence-corrected chi connectivity index (χ0v) is 16.2. The van der Waals surface area contributed by atoms with Crippen LogP contribution in [0.15, 0.2) is 41.4 Å². The SMILES string of the molecule is Cc1ccc2c(c1)=NC(=O)C(CCNC(=O)COc1ccc(Cl)cc1Cl)C=2. The van der Waals surface area contributed by atoms with Crippen molar-refractivity contribution in [1.82, 2.24) is 5.32 Å². The lowest BCUT2D eigenvalue weighted by molar-refractivity contribution is -0.124. The van der Waals surface area contributed by atoms with Gasteiger partial charge in [0.1, 0.15) is 5.75 Å². The monoisotopic (exact) mass is 404 g/mol. The Morgan fingerprint density at radius 2 is 2.04 bits per heavy atom. The summed E-state index contributed by atoms with van der Waals surface area (Å²) in [5.41, 5.74) is 1.06. The summed E-state index contributed by atoms with van der Waals surface area (Å²) >= 11 is 11.8. The van der Waals surface area contributed by atoms with Crippen LogP contribution in [0.25, 0.3) is 6.08 Å². The molecule has 0 aliphatic carbocycles. The number of hydrogen-bond donors (Lipinski definition) is 1. The van der Waals surface area contributed by atoms with Gasteiger partial charge in [-0.05, 0) is 48.4 Å². The van der Waals surface area contributed by atoms with Crippen LogP contribution in [0, 0.1) is 12.8 Å². The molecule has 2 amide bonds. The summed E-state index contributed by atoms with van der Waals surface area (Å²) in [5.74, 6) is -0.436. The highest BCUT2D eigenvalue weighted by molar-refractivity contribution is 6.35. The van der Waals surface area contributed by atoms with E-state index in [2.05, 4.69) is 10.3 Å². The average Bonchev–Trinajstić information content (AvgIpc) is 2.61. The third kappa shape index (κ3) is 5.08.